The number of fused-ring (bicyclic) bond motifs is 2. The van der Waals surface area contributed by atoms with Gasteiger partial charge in [-0.2, -0.15) is 4.98 Å². The summed E-state index contributed by atoms with van der Waals surface area (Å²) in [7, 11) is 0. The summed E-state index contributed by atoms with van der Waals surface area (Å²) in [5.74, 6) is -0.548. The summed E-state index contributed by atoms with van der Waals surface area (Å²) in [4.78, 5) is 48.2. The zero-order chi connectivity index (χ0) is 20.7. The van der Waals surface area contributed by atoms with Crippen LogP contribution in [0.4, 0.5) is 0 Å². The van der Waals surface area contributed by atoms with Crippen molar-refractivity contribution >= 4 is 17.0 Å². The molecular weight excluding hydrogens is 374 g/mol. The summed E-state index contributed by atoms with van der Waals surface area (Å²) in [5.41, 5.74) is 2.46. The van der Waals surface area contributed by atoms with Crippen LogP contribution in [0.2, 0.25) is 0 Å². The summed E-state index contributed by atoms with van der Waals surface area (Å²) < 4.78 is 1.86. The van der Waals surface area contributed by atoms with Crippen molar-refractivity contribution in [3.63, 3.8) is 0 Å². The number of aliphatic carboxylic acids is 1. The highest BCUT2D eigenvalue weighted by Crippen LogP contribution is 2.25. The van der Waals surface area contributed by atoms with Crippen molar-refractivity contribution in [2.24, 2.45) is 0 Å². The van der Waals surface area contributed by atoms with Gasteiger partial charge in [-0.05, 0) is 56.5 Å². The Kier molecular flexibility index (Phi) is 4.91. The van der Waals surface area contributed by atoms with Crippen molar-refractivity contribution in [3.05, 3.63) is 44.1 Å². The van der Waals surface area contributed by atoms with E-state index in [4.69, 9.17) is 5.11 Å². The van der Waals surface area contributed by atoms with Gasteiger partial charge in [0.05, 0.1) is 17.5 Å². The summed E-state index contributed by atoms with van der Waals surface area (Å²) >= 11 is 0. The SMILES string of the molecule is Cc1cc2nc3c(=O)[nH]c(=O)nc-3n(CCN3CCC[C@H]3CC(=O)O)c2cc1C. The number of H-pyrrole nitrogens is 1. The lowest BCUT2D eigenvalue weighted by Gasteiger charge is -2.25. The van der Waals surface area contributed by atoms with Gasteiger partial charge in [0.15, 0.2) is 11.5 Å². The van der Waals surface area contributed by atoms with E-state index in [0.717, 1.165) is 36.0 Å². The maximum Gasteiger partial charge on any atom is 0.349 e. The Hall–Kier alpha value is -3.07. The quantitative estimate of drug-likeness (QED) is 0.619. The number of carbonyl (C=O) groups is 1. The first kappa shape index (κ1) is 19.3. The molecule has 0 radical (unpaired) electrons. The van der Waals surface area contributed by atoms with Crippen LogP contribution in [0.3, 0.4) is 0 Å². The highest BCUT2D eigenvalue weighted by molar-refractivity contribution is 5.81. The Labute approximate surface area is 166 Å². The molecule has 3 heterocycles. The van der Waals surface area contributed by atoms with E-state index in [2.05, 4.69) is 19.9 Å². The van der Waals surface area contributed by atoms with Crippen molar-refractivity contribution in [1.82, 2.24) is 24.4 Å². The van der Waals surface area contributed by atoms with E-state index in [1.54, 1.807) is 0 Å². The maximum absolute atomic E-state index is 12.3. The number of carboxylic acids is 1. The van der Waals surface area contributed by atoms with Crippen molar-refractivity contribution in [3.8, 4) is 11.5 Å². The maximum atomic E-state index is 12.3. The number of benzene rings is 1. The fourth-order valence-electron chi connectivity index (χ4n) is 4.13. The highest BCUT2D eigenvalue weighted by atomic mass is 16.4. The molecule has 0 bridgehead atoms. The molecule has 29 heavy (non-hydrogen) atoms. The molecule has 0 amide bonds. The molecule has 3 aliphatic rings. The van der Waals surface area contributed by atoms with Gasteiger partial charge >= 0.3 is 11.7 Å². The predicted octanol–water partition coefficient (Wildman–Crippen LogP) is 1.14. The topological polar surface area (TPSA) is 121 Å². The van der Waals surface area contributed by atoms with Gasteiger partial charge in [-0.1, -0.05) is 0 Å². The largest absolute Gasteiger partial charge is 0.481 e. The Morgan fingerprint density at radius 1 is 1.21 bits per heavy atom. The van der Waals surface area contributed by atoms with E-state index in [-0.39, 0.29) is 24.0 Å². The molecule has 152 valence electrons. The summed E-state index contributed by atoms with van der Waals surface area (Å²) in [5, 5.41) is 9.15. The fourth-order valence-corrected chi connectivity index (χ4v) is 4.13. The smallest absolute Gasteiger partial charge is 0.349 e. The predicted molar refractivity (Wildman–Crippen MR) is 107 cm³/mol. The van der Waals surface area contributed by atoms with Gasteiger partial charge in [-0.25, -0.2) is 9.78 Å². The first-order chi connectivity index (χ1) is 13.8. The van der Waals surface area contributed by atoms with E-state index in [9.17, 15) is 14.4 Å². The van der Waals surface area contributed by atoms with Gasteiger partial charge in [0.1, 0.15) is 0 Å². The molecule has 1 aromatic rings. The van der Waals surface area contributed by atoms with Gasteiger partial charge in [0.25, 0.3) is 5.56 Å². The lowest BCUT2D eigenvalue weighted by atomic mass is 10.1. The molecule has 0 spiro atoms. The lowest BCUT2D eigenvalue weighted by Crippen LogP contribution is -2.35. The van der Waals surface area contributed by atoms with Crippen LogP contribution < -0.4 is 11.2 Å². The van der Waals surface area contributed by atoms with Crippen LogP contribution in [0.15, 0.2) is 21.7 Å². The van der Waals surface area contributed by atoms with Gasteiger partial charge in [-0.15, -0.1) is 0 Å². The normalized spacial score (nSPS) is 17.4. The Morgan fingerprint density at radius 3 is 2.72 bits per heavy atom. The van der Waals surface area contributed by atoms with Gasteiger partial charge < -0.3 is 9.67 Å². The molecule has 1 saturated heterocycles. The zero-order valence-electron chi connectivity index (χ0n) is 16.4. The molecule has 0 unspecified atom stereocenters. The Balaban J connectivity index is 1.80. The van der Waals surface area contributed by atoms with Crippen LogP contribution in [0.5, 0.6) is 0 Å². The van der Waals surface area contributed by atoms with Gasteiger partial charge in [-0.3, -0.25) is 19.5 Å². The molecule has 0 aromatic heterocycles. The van der Waals surface area contributed by atoms with Crippen LogP contribution in [-0.2, 0) is 11.3 Å². The van der Waals surface area contributed by atoms with Gasteiger partial charge in [0.2, 0.25) is 0 Å². The van der Waals surface area contributed by atoms with E-state index in [1.807, 2.05) is 30.5 Å². The number of aryl methyl sites for hydroxylation is 2. The number of aromatic nitrogens is 4. The molecule has 4 rings (SSSR count). The fraction of sp³-hybridized carbons (Fsp3) is 0.450. The summed E-state index contributed by atoms with van der Waals surface area (Å²) in [6.07, 6.45) is 1.93. The monoisotopic (exact) mass is 397 g/mol. The second-order valence-electron chi connectivity index (χ2n) is 7.66. The zero-order valence-corrected chi connectivity index (χ0v) is 16.4. The molecule has 1 fully saturated rings. The lowest BCUT2D eigenvalue weighted by molar-refractivity contribution is -0.138. The minimum absolute atomic E-state index is 0.00266. The molecule has 0 saturated carbocycles. The molecule has 1 atom stereocenters. The number of rotatable bonds is 5. The number of likely N-dealkylation sites (tertiary alicyclic amines) is 1. The Bertz CT molecular complexity index is 1180. The number of nitrogens with one attached hydrogen (secondary N) is 1. The van der Waals surface area contributed by atoms with Crippen LogP contribution in [0.1, 0.15) is 30.4 Å². The molecular formula is C20H23N5O4. The molecule has 1 aromatic carbocycles. The average Bonchev–Trinajstić information content (AvgIpc) is 3.07. The first-order valence-corrected chi connectivity index (χ1v) is 9.71. The number of aromatic amines is 1. The third-order valence-electron chi connectivity index (χ3n) is 5.74. The second kappa shape index (κ2) is 7.40. The molecule has 9 nitrogen and oxygen atoms in total. The van der Waals surface area contributed by atoms with E-state index in [1.165, 1.54) is 0 Å². The van der Waals surface area contributed by atoms with E-state index < -0.39 is 17.2 Å². The minimum Gasteiger partial charge on any atom is -0.481 e. The minimum atomic E-state index is -0.801. The van der Waals surface area contributed by atoms with Gasteiger partial charge in [0, 0.05) is 19.1 Å². The van der Waals surface area contributed by atoms with Crippen LogP contribution >= 0.6 is 0 Å². The van der Waals surface area contributed by atoms with Crippen LogP contribution in [-0.4, -0.2) is 54.6 Å². The Morgan fingerprint density at radius 2 is 1.97 bits per heavy atom. The summed E-state index contributed by atoms with van der Waals surface area (Å²) in [6, 6.07) is 3.92. The first-order valence-electron chi connectivity index (χ1n) is 9.71. The second-order valence-corrected chi connectivity index (χ2v) is 7.66. The van der Waals surface area contributed by atoms with Crippen LogP contribution in [0, 0.1) is 13.8 Å². The van der Waals surface area contributed by atoms with Crippen LogP contribution in [0.25, 0.3) is 22.6 Å². The van der Waals surface area contributed by atoms with Crippen molar-refractivity contribution in [2.45, 2.75) is 45.7 Å². The number of carboxylic acid groups (broad SMARTS) is 1. The average molecular weight is 397 g/mol. The molecule has 9 heteroatoms. The molecule has 0 aliphatic carbocycles. The third-order valence-corrected chi connectivity index (χ3v) is 5.74. The number of hydrogen-bond acceptors (Lipinski definition) is 6. The summed E-state index contributed by atoms with van der Waals surface area (Å²) in [6.45, 7) is 5.89. The standard InChI is InChI=1S/C20H23N5O4/c1-11-8-14-15(9-12(11)2)25(18-17(21-14)19(28)23-20(29)22-18)7-6-24-5-3-4-13(24)10-16(26)27/h8-9,13H,3-7,10H2,1-2H3,(H,26,27)(H,23,28,29)/t13-/m0/s1. The van der Waals surface area contributed by atoms with E-state index in [0.29, 0.717) is 18.6 Å². The number of nitrogens with zero attached hydrogens (tertiary/aromatic N) is 4. The molecule has 3 aliphatic heterocycles. The van der Waals surface area contributed by atoms with Crippen molar-refractivity contribution in [2.75, 3.05) is 13.1 Å². The van der Waals surface area contributed by atoms with Crippen molar-refractivity contribution in [1.29, 1.82) is 0 Å². The van der Waals surface area contributed by atoms with Crippen molar-refractivity contribution < 1.29 is 9.90 Å². The number of hydrogen-bond donors (Lipinski definition) is 2. The third kappa shape index (κ3) is 3.65. The highest BCUT2D eigenvalue weighted by Gasteiger charge is 2.27. The molecule has 2 N–H and O–H groups in total. The van der Waals surface area contributed by atoms with E-state index >= 15 is 0 Å².